The number of aryl methyl sites for hydroxylation is 1. The van der Waals surface area contributed by atoms with Crippen LogP contribution in [0.1, 0.15) is 5.69 Å². The molecule has 4 nitrogen and oxygen atoms in total. The average Bonchev–Trinajstić information content (AvgIpc) is 2.57. The standard InChI is InChI=1S/C11H12BrN3O/c1-8-6-11(13)14-15(8)7-16-10-4-2-9(12)3-5-10/h2-6H,7H2,1H3,(H2,13,14). The highest BCUT2D eigenvalue weighted by Crippen LogP contribution is 2.16. The molecular weight excluding hydrogens is 270 g/mol. The van der Waals surface area contributed by atoms with Crippen molar-refractivity contribution in [3.8, 4) is 5.75 Å². The van der Waals surface area contributed by atoms with Crippen molar-refractivity contribution in [2.45, 2.75) is 13.7 Å². The minimum Gasteiger partial charge on any atom is -0.471 e. The molecule has 0 saturated heterocycles. The van der Waals surface area contributed by atoms with Gasteiger partial charge in [0.2, 0.25) is 0 Å². The molecule has 0 aliphatic carbocycles. The lowest BCUT2D eigenvalue weighted by Gasteiger charge is -2.07. The van der Waals surface area contributed by atoms with Crippen LogP contribution in [0.25, 0.3) is 0 Å². The van der Waals surface area contributed by atoms with Gasteiger partial charge in [0.15, 0.2) is 6.73 Å². The molecule has 0 fully saturated rings. The monoisotopic (exact) mass is 281 g/mol. The molecule has 1 heterocycles. The number of rotatable bonds is 3. The smallest absolute Gasteiger partial charge is 0.181 e. The molecule has 5 heteroatoms. The Bertz CT molecular complexity index is 478. The van der Waals surface area contributed by atoms with Crippen LogP contribution in [-0.4, -0.2) is 9.78 Å². The Labute approximate surface area is 102 Å². The molecule has 0 bridgehead atoms. The fourth-order valence-electron chi connectivity index (χ4n) is 1.33. The second-order valence-corrected chi connectivity index (χ2v) is 4.35. The lowest BCUT2D eigenvalue weighted by molar-refractivity contribution is 0.218. The average molecular weight is 282 g/mol. The summed E-state index contributed by atoms with van der Waals surface area (Å²) in [5, 5.41) is 4.10. The van der Waals surface area contributed by atoms with Crippen LogP contribution >= 0.6 is 15.9 Å². The van der Waals surface area contributed by atoms with E-state index in [1.54, 1.807) is 4.68 Å². The number of nitrogen functional groups attached to an aromatic ring is 1. The zero-order valence-electron chi connectivity index (χ0n) is 8.85. The Morgan fingerprint density at radius 3 is 2.62 bits per heavy atom. The molecule has 16 heavy (non-hydrogen) atoms. The Hall–Kier alpha value is -1.49. The van der Waals surface area contributed by atoms with Crippen LogP contribution in [0.15, 0.2) is 34.8 Å². The number of nitrogens with zero attached hydrogens (tertiary/aromatic N) is 2. The highest BCUT2D eigenvalue weighted by atomic mass is 79.9. The van der Waals surface area contributed by atoms with E-state index in [0.29, 0.717) is 12.5 Å². The van der Waals surface area contributed by atoms with E-state index in [2.05, 4.69) is 21.0 Å². The second-order valence-electron chi connectivity index (χ2n) is 3.44. The van der Waals surface area contributed by atoms with Gasteiger partial charge in [-0.15, -0.1) is 0 Å². The molecule has 0 atom stereocenters. The second kappa shape index (κ2) is 4.57. The molecule has 0 aliphatic rings. The van der Waals surface area contributed by atoms with Gasteiger partial charge in [-0.1, -0.05) is 15.9 Å². The highest BCUT2D eigenvalue weighted by Gasteiger charge is 2.01. The van der Waals surface area contributed by atoms with Crippen LogP contribution < -0.4 is 10.5 Å². The van der Waals surface area contributed by atoms with Gasteiger partial charge in [0.1, 0.15) is 11.6 Å². The van der Waals surface area contributed by atoms with Gasteiger partial charge >= 0.3 is 0 Å². The van der Waals surface area contributed by atoms with Gasteiger partial charge in [-0.2, -0.15) is 5.10 Å². The van der Waals surface area contributed by atoms with Gasteiger partial charge in [-0.05, 0) is 31.2 Å². The topological polar surface area (TPSA) is 53.1 Å². The van der Waals surface area contributed by atoms with Crippen molar-refractivity contribution in [2.24, 2.45) is 0 Å². The van der Waals surface area contributed by atoms with Crippen molar-refractivity contribution in [2.75, 3.05) is 5.73 Å². The fraction of sp³-hybridized carbons (Fsp3) is 0.182. The van der Waals surface area contributed by atoms with Gasteiger partial charge in [0, 0.05) is 16.2 Å². The van der Waals surface area contributed by atoms with E-state index < -0.39 is 0 Å². The third kappa shape index (κ3) is 2.55. The van der Waals surface area contributed by atoms with Crippen molar-refractivity contribution in [3.63, 3.8) is 0 Å². The molecule has 1 aromatic carbocycles. The van der Waals surface area contributed by atoms with Crippen LogP contribution in [0, 0.1) is 6.92 Å². The van der Waals surface area contributed by atoms with Crippen LogP contribution in [0.4, 0.5) is 5.82 Å². The first kappa shape index (κ1) is 11.0. The summed E-state index contributed by atoms with van der Waals surface area (Å²) in [5.74, 6) is 1.31. The van der Waals surface area contributed by atoms with E-state index in [1.807, 2.05) is 37.3 Å². The molecule has 0 radical (unpaired) electrons. The Balaban J connectivity index is 2.02. The summed E-state index contributed by atoms with van der Waals surface area (Å²) in [6.07, 6.45) is 0. The zero-order valence-corrected chi connectivity index (χ0v) is 10.4. The van der Waals surface area contributed by atoms with Crippen molar-refractivity contribution in [1.82, 2.24) is 9.78 Å². The molecule has 0 spiro atoms. The largest absolute Gasteiger partial charge is 0.471 e. The number of benzene rings is 1. The number of ether oxygens (including phenoxy) is 1. The normalized spacial score (nSPS) is 10.4. The molecule has 0 saturated carbocycles. The first-order valence-electron chi connectivity index (χ1n) is 4.83. The molecule has 2 N–H and O–H groups in total. The van der Waals surface area contributed by atoms with E-state index >= 15 is 0 Å². The molecule has 2 aromatic rings. The van der Waals surface area contributed by atoms with Gasteiger partial charge in [-0.3, -0.25) is 0 Å². The first-order chi connectivity index (χ1) is 7.65. The van der Waals surface area contributed by atoms with Gasteiger partial charge in [0.25, 0.3) is 0 Å². The Morgan fingerprint density at radius 2 is 2.06 bits per heavy atom. The predicted octanol–water partition coefficient (Wildman–Crippen LogP) is 2.57. The first-order valence-corrected chi connectivity index (χ1v) is 5.63. The number of nitrogens with two attached hydrogens (primary N) is 1. The van der Waals surface area contributed by atoms with Crippen molar-refractivity contribution >= 4 is 21.7 Å². The number of aromatic nitrogens is 2. The molecule has 84 valence electrons. The Morgan fingerprint density at radius 1 is 1.38 bits per heavy atom. The zero-order chi connectivity index (χ0) is 11.5. The van der Waals surface area contributed by atoms with Crippen LogP contribution in [0.3, 0.4) is 0 Å². The van der Waals surface area contributed by atoms with E-state index in [9.17, 15) is 0 Å². The maximum Gasteiger partial charge on any atom is 0.181 e. The van der Waals surface area contributed by atoms with Crippen LogP contribution in [-0.2, 0) is 6.73 Å². The number of anilines is 1. The van der Waals surface area contributed by atoms with E-state index in [1.165, 1.54) is 0 Å². The summed E-state index contributed by atoms with van der Waals surface area (Å²) in [5.41, 5.74) is 6.56. The SMILES string of the molecule is Cc1cc(N)nn1COc1ccc(Br)cc1. The minimum atomic E-state index is 0.366. The van der Waals surface area contributed by atoms with Gasteiger partial charge in [0.05, 0.1) is 0 Å². The molecule has 1 aromatic heterocycles. The predicted molar refractivity (Wildman–Crippen MR) is 66.1 cm³/mol. The molecule has 2 rings (SSSR count). The summed E-state index contributed by atoms with van der Waals surface area (Å²) in [6.45, 7) is 2.30. The Kier molecular flexibility index (Phi) is 3.14. The summed E-state index contributed by atoms with van der Waals surface area (Å²) in [4.78, 5) is 0. The maximum absolute atomic E-state index is 5.57. The summed E-state index contributed by atoms with van der Waals surface area (Å²) >= 11 is 3.37. The maximum atomic E-state index is 5.57. The van der Waals surface area contributed by atoms with E-state index in [0.717, 1.165) is 15.9 Å². The van der Waals surface area contributed by atoms with Crippen molar-refractivity contribution < 1.29 is 4.74 Å². The summed E-state index contributed by atoms with van der Waals surface area (Å²) in [6, 6.07) is 9.46. The summed E-state index contributed by atoms with van der Waals surface area (Å²) < 4.78 is 8.31. The van der Waals surface area contributed by atoms with Gasteiger partial charge < -0.3 is 10.5 Å². The molecule has 0 aliphatic heterocycles. The number of hydrogen-bond acceptors (Lipinski definition) is 3. The molecule has 0 unspecified atom stereocenters. The third-order valence-electron chi connectivity index (χ3n) is 2.17. The fourth-order valence-corrected chi connectivity index (χ4v) is 1.60. The lowest BCUT2D eigenvalue weighted by atomic mass is 10.3. The van der Waals surface area contributed by atoms with Crippen LogP contribution in [0.2, 0.25) is 0 Å². The molecular formula is C11H12BrN3O. The third-order valence-corrected chi connectivity index (χ3v) is 2.70. The number of hydrogen-bond donors (Lipinski definition) is 1. The van der Waals surface area contributed by atoms with Crippen molar-refractivity contribution in [3.05, 3.63) is 40.5 Å². The van der Waals surface area contributed by atoms with E-state index in [-0.39, 0.29) is 0 Å². The van der Waals surface area contributed by atoms with Crippen molar-refractivity contribution in [1.29, 1.82) is 0 Å². The van der Waals surface area contributed by atoms with Crippen LogP contribution in [0.5, 0.6) is 5.75 Å². The summed E-state index contributed by atoms with van der Waals surface area (Å²) in [7, 11) is 0. The highest BCUT2D eigenvalue weighted by molar-refractivity contribution is 9.10. The minimum absolute atomic E-state index is 0.366. The molecule has 0 amide bonds. The lowest BCUT2D eigenvalue weighted by Crippen LogP contribution is -2.08. The number of halogens is 1. The van der Waals surface area contributed by atoms with E-state index in [4.69, 9.17) is 10.5 Å². The quantitative estimate of drug-likeness (QED) is 0.941. The van der Waals surface area contributed by atoms with Gasteiger partial charge in [-0.25, -0.2) is 4.68 Å².